The molecule has 7 heteroatoms. The zero-order valence-corrected chi connectivity index (χ0v) is 13.9. The van der Waals surface area contributed by atoms with E-state index in [1.807, 2.05) is 4.90 Å². The van der Waals surface area contributed by atoms with Gasteiger partial charge in [-0.2, -0.15) is 0 Å². The lowest BCUT2D eigenvalue weighted by molar-refractivity contribution is 0.111. The molecule has 0 saturated carbocycles. The Bertz CT molecular complexity index is 366. The van der Waals surface area contributed by atoms with Gasteiger partial charge in [-0.3, -0.25) is 0 Å². The van der Waals surface area contributed by atoms with Crippen molar-refractivity contribution in [3.05, 3.63) is 0 Å². The van der Waals surface area contributed by atoms with Gasteiger partial charge in [-0.25, -0.2) is 9.59 Å². The first-order valence-corrected chi connectivity index (χ1v) is 8.92. The minimum atomic E-state index is -0.141. The number of hydrogen-bond donors (Lipinski definition) is 3. The summed E-state index contributed by atoms with van der Waals surface area (Å²) in [6.45, 7) is 4.41. The first kappa shape index (κ1) is 17.8. The van der Waals surface area contributed by atoms with Crippen LogP contribution in [0, 0.1) is 0 Å². The quantitative estimate of drug-likeness (QED) is 0.619. The van der Waals surface area contributed by atoms with E-state index in [1.165, 1.54) is 6.42 Å². The third kappa shape index (κ3) is 7.07. The van der Waals surface area contributed by atoms with Crippen molar-refractivity contribution in [3.8, 4) is 0 Å². The second-order valence-electron chi connectivity index (χ2n) is 6.26. The number of carbonyl (C=O) groups is 2. The molecule has 0 spiro atoms. The smallest absolute Gasteiger partial charge is 0.317 e. The Balaban J connectivity index is 1.41. The molecule has 2 aliphatic heterocycles. The number of piperidine rings is 1. The van der Waals surface area contributed by atoms with Crippen LogP contribution in [0.3, 0.4) is 0 Å². The summed E-state index contributed by atoms with van der Waals surface area (Å²) in [4.78, 5) is 25.4. The van der Waals surface area contributed by atoms with Crippen molar-refractivity contribution in [2.45, 2.75) is 51.0 Å². The lowest BCUT2D eigenvalue weighted by atomic mass is 10.1. The molecule has 2 saturated heterocycles. The van der Waals surface area contributed by atoms with Crippen LogP contribution >= 0.6 is 0 Å². The number of amides is 4. The largest absolute Gasteiger partial charge is 0.376 e. The predicted molar refractivity (Wildman–Crippen MR) is 88.4 cm³/mol. The molecule has 0 aromatic heterocycles. The summed E-state index contributed by atoms with van der Waals surface area (Å²) >= 11 is 0. The molecule has 3 N–H and O–H groups in total. The number of rotatable bonds is 7. The highest BCUT2D eigenvalue weighted by atomic mass is 16.5. The molecule has 0 aliphatic carbocycles. The van der Waals surface area contributed by atoms with Crippen molar-refractivity contribution in [2.75, 3.05) is 39.3 Å². The van der Waals surface area contributed by atoms with E-state index in [-0.39, 0.29) is 18.2 Å². The predicted octanol–water partition coefficient (Wildman–Crippen LogP) is 1.44. The Morgan fingerprint density at radius 2 is 1.70 bits per heavy atom. The molecule has 1 unspecified atom stereocenters. The van der Waals surface area contributed by atoms with Crippen LogP contribution in [-0.2, 0) is 4.74 Å². The third-order valence-electron chi connectivity index (χ3n) is 4.32. The molecular formula is C16H30N4O3. The van der Waals surface area contributed by atoms with Gasteiger partial charge >= 0.3 is 12.1 Å². The lowest BCUT2D eigenvalue weighted by Crippen LogP contribution is -2.43. The molecule has 0 radical (unpaired) electrons. The minimum absolute atomic E-state index is 0.0481. The van der Waals surface area contributed by atoms with Gasteiger partial charge in [0, 0.05) is 39.3 Å². The van der Waals surface area contributed by atoms with E-state index in [0.717, 1.165) is 58.2 Å². The SMILES string of the molecule is O=C(NCCCCNC(=O)N1CCCCC1)NCC1CCCO1. The Morgan fingerprint density at radius 3 is 2.39 bits per heavy atom. The molecule has 7 nitrogen and oxygen atoms in total. The van der Waals surface area contributed by atoms with Gasteiger partial charge in [-0.15, -0.1) is 0 Å². The third-order valence-corrected chi connectivity index (χ3v) is 4.32. The van der Waals surface area contributed by atoms with Gasteiger partial charge in [0.2, 0.25) is 0 Å². The highest BCUT2D eigenvalue weighted by Crippen LogP contribution is 2.10. The Morgan fingerprint density at radius 1 is 0.957 bits per heavy atom. The van der Waals surface area contributed by atoms with Crippen LogP contribution in [0.15, 0.2) is 0 Å². The Labute approximate surface area is 138 Å². The topological polar surface area (TPSA) is 82.7 Å². The second kappa shape index (κ2) is 10.3. The van der Waals surface area contributed by atoms with Crippen LogP contribution in [0.4, 0.5) is 9.59 Å². The van der Waals surface area contributed by atoms with Crippen LogP contribution in [-0.4, -0.2) is 62.4 Å². The van der Waals surface area contributed by atoms with Crippen LogP contribution in [0.2, 0.25) is 0 Å². The van der Waals surface area contributed by atoms with E-state index in [0.29, 0.717) is 19.6 Å². The number of likely N-dealkylation sites (tertiary alicyclic amines) is 1. The molecule has 0 aromatic carbocycles. The van der Waals surface area contributed by atoms with Crippen molar-refractivity contribution < 1.29 is 14.3 Å². The fourth-order valence-electron chi connectivity index (χ4n) is 2.93. The summed E-state index contributed by atoms with van der Waals surface area (Å²) in [6, 6.07) is -0.0928. The molecule has 2 rings (SSSR count). The molecule has 2 aliphatic rings. The number of unbranched alkanes of at least 4 members (excludes halogenated alkanes) is 1. The fourth-order valence-corrected chi connectivity index (χ4v) is 2.93. The normalized spacial score (nSPS) is 21.0. The van der Waals surface area contributed by atoms with E-state index in [4.69, 9.17) is 4.74 Å². The lowest BCUT2D eigenvalue weighted by Gasteiger charge is -2.26. The minimum Gasteiger partial charge on any atom is -0.376 e. The molecule has 23 heavy (non-hydrogen) atoms. The monoisotopic (exact) mass is 326 g/mol. The molecule has 2 fully saturated rings. The average Bonchev–Trinajstić information content (AvgIpc) is 3.10. The molecule has 0 bridgehead atoms. The van der Waals surface area contributed by atoms with Gasteiger partial charge in [-0.05, 0) is 44.9 Å². The first-order valence-electron chi connectivity index (χ1n) is 8.92. The average molecular weight is 326 g/mol. The van der Waals surface area contributed by atoms with Crippen molar-refractivity contribution in [2.24, 2.45) is 0 Å². The van der Waals surface area contributed by atoms with Crippen LogP contribution in [0.25, 0.3) is 0 Å². The molecular weight excluding hydrogens is 296 g/mol. The van der Waals surface area contributed by atoms with Gasteiger partial charge in [-0.1, -0.05) is 0 Å². The summed E-state index contributed by atoms with van der Waals surface area (Å²) in [6.07, 6.45) is 7.44. The van der Waals surface area contributed by atoms with E-state index in [1.54, 1.807) is 0 Å². The van der Waals surface area contributed by atoms with Gasteiger partial charge in [0.1, 0.15) is 0 Å². The maximum Gasteiger partial charge on any atom is 0.317 e. The van der Waals surface area contributed by atoms with Crippen molar-refractivity contribution in [1.82, 2.24) is 20.9 Å². The van der Waals surface area contributed by atoms with E-state index in [9.17, 15) is 9.59 Å². The number of carbonyl (C=O) groups excluding carboxylic acids is 2. The van der Waals surface area contributed by atoms with Crippen LogP contribution < -0.4 is 16.0 Å². The van der Waals surface area contributed by atoms with Gasteiger partial charge < -0.3 is 25.6 Å². The maximum absolute atomic E-state index is 11.9. The summed E-state index contributed by atoms with van der Waals surface area (Å²) in [5, 5.41) is 8.60. The molecule has 4 amide bonds. The fraction of sp³-hybridized carbons (Fsp3) is 0.875. The van der Waals surface area contributed by atoms with Gasteiger partial charge in [0.05, 0.1) is 6.10 Å². The van der Waals surface area contributed by atoms with Gasteiger partial charge in [0.15, 0.2) is 0 Å². The molecule has 2 heterocycles. The van der Waals surface area contributed by atoms with Crippen molar-refractivity contribution in [3.63, 3.8) is 0 Å². The number of hydrogen-bond acceptors (Lipinski definition) is 3. The Hall–Kier alpha value is -1.50. The summed E-state index contributed by atoms with van der Waals surface area (Å²) in [5.41, 5.74) is 0. The highest BCUT2D eigenvalue weighted by molar-refractivity contribution is 5.74. The van der Waals surface area contributed by atoms with E-state index in [2.05, 4.69) is 16.0 Å². The van der Waals surface area contributed by atoms with E-state index < -0.39 is 0 Å². The number of urea groups is 2. The second-order valence-corrected chi connectivity index (χ2v) is 6.26. The summed E-state index contributed by atoms with van der Waals surface area (Å²) < 4.78 is 5.45. The van der Waals surface area contributed by atoms with Crippen LogP contribution in [0.1, 0.15) is 44.9 Å². The summed E-state index contributed by atoms with van der Waals surface area (Å²) in [5.74, 6) is 0. The van der Waals surface area contributed by atoms with E-state index >= 15 is 0 Å². The number of ether oxygens (including phenoxy) is 1. The molecule has 1 atom stereocenters. The van der Waals surface area contributed by atoms with Crippen molar-refractivity contribution in [1.29, 1.82) is 0 Å². The zero-order chi connectivity index (χ0) is 16.3. The zero-order valence-electron chi connectivity index (χ0n) is 13.9. The Kier molecular flexibility index (Phi) is 8.00. The standard InChI is InChI=1S/C16H30N4O3/c21-15(19-13-14-7-6-12-23-14)17-8-2-3-9-18-16(22)20-10-4-1-5-11-20/h14H,1-13H2,(H,18,22)(H2,17,19,21). The maximum atomic E-state index is 11.9. The first-order chi connectivity index (χ1) is 11.3. The molecule has 0 aromatic rings. The number of nitrogens with zero attached hydrogens (tertiary/aromatic N) is 1. The van der Waals surface area contributed by atoms with Crippen LogP contribution in [0.5, 0.6) is 0 Å². The summed E-state index contributed by atoms with van der Waals surface area (Å²) in [7, 11) is 0. The highest BCUT2D eigenvalue weighted by Gasteiger charge is 2.16. The number of nitrogens with one attached hydrogen (secondary N) is 3. The molecule has 132 valence electrons. The van der Waals surface area contributed by atoms with Gasteiger partial charge in [0.25, 0.3) is 0 Å². The van der Waals surface area contributed by atoms with Crippen molar-refractivity contribution >= 4 is 12.1 Å².